The predicted molar refractivity (Wildman–Crippen MR) is 123 cm³/mol. The molecule has 0 amide bonds. The van der Waals surface area contributed by atoms with Gasteiger partial charge in [0, 0.05) is 18.4 Å². The summed E-state index contributed by atoms with van der Waals surface area (Å²) in [6, 6.07) is 11.3. The molecule has 5 rings (SSSR count). The van der Waals surface area contributed by atoms with Gasteiger partial charge < -0.3 is 10.6 Å². The number of nitrogens with zero attached hydrogens (tertiary/aromatic N) is 4. The van der Waals surface area contributed by atoms with Crippen LogP contribution in [0.2, 0.25) is 10.0 Å². The van der Waals surface area contributed by atoms with Crippen LogP contribution >= 0.6 is 23.2 Å². The number of hydrogen-bond acceptors (Lipinski definition) is 6. The van der Waals surface area contributed by atoms with Gasteiger partial charge in [-0.25, -0.2) is 9.97 Å². The number of halogens is 2. The van der Waals surface area contributed by atoms with Crippen LogP contribution in [0.25, 0.3) is 16.6 Å². The summed E-state index contributed by atoms with van der Waals surface area (Å²) in [6.45, 7) is 3.62. The van der Waals surface area contributed by atoms with E-state index in [0.717, 1.165) is 25.2 Å². The van der Waals surface area contributed by atoms with Crippen LogP contribution in [0.5, 0.6) is 0 Å². The van der Waals surface area contributed by atoms with Crippen molar-refractivity contribution in [1.29, 1.82) is 0 Å². The molecule has 2 N–H and O–H groups in total. The SMILES string of the molecule is Cc1nn(-c2c(Cl)cccc2Cl)c(=O)c2cnc(Nc3ccc4c(c3)CNCC4)nc12. The average Bonchev–Trinajstić information content (AvgIpc) is 2.77. The number of hydrogen-bond donors (Lipinski definition) is 2. The van der Waals surface area contributed by atoms with Gasteiger partial charge in [0.05, 0.1) is 21.1 Å². The fraction of sp³-hybridized carbons (Fsp3) is 0.182. The molecular formula is C22H18Cl2N6O. The highest BCUT2D eigenvalue weighted by Gasteiger charge is 2.17. The quantitative estimate of drug-likeness (QED) is 0.484. The number of fused-ring (bicyclic) bond motifs is 2. The van der Waals surface area contributed by atoms with Gasteiger partial charge in [-0.3, -0.25) is 4.79 Å². The van der Waals surface area contributed by atoms with Gasteiger partial charge in [-0.15, -0.1) is 0 Å². The van der Waals surface area contributed by atoms with Gasteiger partial charge in [0.15, 0.2) is 0 Å². The molecule has 7 nitrogen and oxygen atoms in total. The van der Waals surface area contributed by atoms with Crippen LogP contribution < -0.4 is 16.2 Å². The Hall–Kier alpha value is -3.00. The Morgan fingerprint density at radius 2 is 1.94 bits per heavy atom. The maximum atomic E-state index is 13.1. The van der Waals surface area contributed by atoms with Crippen molar-refractivity contribution in [2.45, 2.75) is 19.9 Å². The van der Waals surface area contributed by atoms with E-state index >= 15 is 0 Å². The van der Waals surface area contributed by atoms with Crippen molar-refractivity contribution in [3.05, 3.63) is 79.8 Å². The Labute approximate surface area is 188 Å². The van der Waals surface area contributed by atoms with Crippen LogP contribution in [0.1, 0.15) is 16.8 Å². The van der Waals surface area contributed by atoms with E-state index in [-0.39, 0.29) is 5.56 Å². The first-order valence-corrected chi connectivity index (χ1v) is 10.6. The molecule has 9 heteroatoms. The maximum absolute atomic E-state index is 13.1. The molecule has 0 radical (unpaired) electrons. The molecule has 0 atom stereocenters. The Kier molecular flexibility index (Phi) is 5.09. The van der Waals surface area contributed by atoms with Gasteiger partial charge in [0.2, 0.25) is 5.95 Å². The minimum Gasteiger partial charge on any atom is -0.324 e. The van der Waals surface area contributed by atoms with Crippen LogP contribution in [0.3, 0.4) is 0 Å². The molecule has 1 aliphatic rings. The second-order valence-corrected chi connectivity index (χ2v) is 8.18. The normalized spacial score (nSPS) is 13.3. The van der Waals surface area contributed by atoms with Crippen molar-refractivity contribution >= 4 is 45.7 Å². The van der Waals surface area contributed by atoms with E-state index in [1.165, 1.54) is 22.0 Å². The molecule has 3 heterocycles. The molecular weight excluding hydrogens is 435 g/mol. The maximum Gasteiger partial charge on any atom is 0.282 e. The lowest BCUT2D eigenvalue weighted by Gasteiger charge is -2.18. The Bertz CT molecular complexity index is 1360. The smallest absolute Gasteiger partial charge is 0.282 e. The van der Waals surface area contributed by atoms with Crippen molar-refractivity contribution in [2.24, 2.45) is 0 Å². The predicted octanol–water partition coefficient (Wildman–Crippen LogP) is 4.18. The minimum atomic E-state index is -0.387. The first-order valence-electron chi connectivity index (χ1n) is 9.82. The van der Waals surface area contributed by atoms with E-state index in [9.17, 15) is 4.79 Å². The van der Waals surface area contributed by atoms with E-state index in [4.69, 9.17) is 23.2 Å². The number of aryl methyl sites for hydroxylation is 1. The van der Waals surface area contributed by atoms with Crippen molar-refractivity contribution in [1.82, 2.24) is 25.1 Å². The third-order valence-corrected chi connectivity index (χ3v) is 5.91. The van der Waals surface area contributed by atoms with E-state index in [0.29, 0.717) is 38.3 Å². The molecule has 156 valence electrons. The largest absolute Gasteiger partial charge is 0.324 e. The zero-order chi connectivity index (χ0) is 21.5. The summed E-state index contributed by atoms with van der Waals surface area (Å²) in [4.78, 5) is 22.0. The molecule has 2 aromatic carbocycles. The Morgan fingerprint density at radius 1 is 1.13 bits per heavy atom. The van der Waals surface area contributed by atoms with Crippen LogP contribution in [-0.2, 0) is 13.0 Å². The highest BCUT2D eigenvalue weighted by Crippen LogP contribution is 2.27. The zero-order valence-corrected chi connectivity index (χ0v) is 18.1. The van der Waals surface area contributed by atoms with Crippen LogP contribution in [0.4, 0.5) is 11.6 Å². The van der Waals surface area contributed by atoms with Gasteiger partial charge in [-0.1, -0.05) is 35.3 Å². The van der Waals surface area contributed by atoms with Crippen molar-refractivity contribution < 1.29 is 0 Å². The van der Waals surface area contributed by atoms with E-state index in [1.54, 1.807) is 25.1 Å². The number of benzene rings is 2. The molecule has 4 aromatic rings. The van der Waals surface area contributed by atoms with Gasteiger partial charge >= 0.3 is 0 Å². The number of nitrogens with one attached hydrogen (secondary N) is 2. The van der Waals surface area contributed by atoms with Crippen molar-refractivity contribution in [3.8, 4) is 5.69 Å². The molecule has 0 bridgehead atoms. The first-order chi connectivity index (χ1) is 15.0. The summed E-state index contributed by atoms with van der Waals surface area (Å²) >= 11 is 12.6. The van der Waals surface area contributed by atoms with Crippen LogP contribution in [0, 0.1) is 6.92 Å². The first kappa shape index (κ1) is 19.9. The minimum absolute atomic E-state index is 0.335. The summed E-state index contributed by atoms with van der Waals surface area (Å²) in [5, 5.41) is 12.0. The summed E-state index contributed by atoms with van der Waals surface area (Å²) in [7, 11) is 0. The van der Waals surface area contributed by atoms with Gasteiger partial charge in [-0.05, 0) is 55.3 Å². The number of rotatable bonds is 3. The molecule has 0 aliphatic carbocycles. The van der Waals surface area contributed by atoms with Crippen LogP contribution in [0.15, 0.2) is 47.4 Å². The van der Waals surface area contributed by atoms with Crippen molar-refractivity contribution in [3.63, 3.8) is 0 Å². The lowest BCUT2D eigenvalue weighted by atomic mass is 10.0. The third-order valence-electron chi connectivity index (χ3n) is 5.30. The fourth-order valence-corrected chi connectivity index (χ4v) is 4.32. The number of para-hydroxylation sites is 1. The highest BCUT2D eigenvalue weighted by molar-refractivity contribution is 6.37. The average molecular weight is 453 g/mol. The summed E-state index contributed by atoms with van der Waals surface area (Å²) in [5.41, 5.74) is 4.49. The highest BCUT2D eigenvalue weighted by atomic mass is 35.5. The molecule has 0 fully saturated rings. The second-order valence-electron chi connectivity index (χ2n) is 7.36. The monoisotopic (exact) mass is 452 g/mol. The molecule has 0 spiro atoms. The molecule has 1 aliphatic heterocycles. The standard InChI is InChI=1S/C22H18Cl2N6O/c1-12-19-16(21(31)30(29-12)20-17(23)3-2-4-18(20)24)11-26-22(28-19)27-15-6-5-13-7-8-25-10-14(13)9-15/h2-6,9,11,25H,7-8,10H2,1H3,(H,26,27,28). The number of aromatic nitrogens is 4. The second kappa shape index (κ2) is 7.92. The van der Waals surface area contributed by atoms with E-state index in [1.807, 2.05) is 6.07 Å². The topological polar surface area (TPSA) is 84.7 Å². The summed E-state index contributed by atoms with van der Waals surface area (Å²) in [5.74, 6) is 0.397. The molecule has 0 unspecified atom stereocenters. The van der Waals surface area contributed by atoms with Gasteiger partial charge in [-0.2, -0.15) is 9.78 Å². The van der Waals surface area contributed by atoms with E-state index in [2.05, 4.69) is 37.8 Å². The zero-order valence-electron chi connectivity index (χ0n) is 16.6. The lowest BCUT2D eigenvalue weighted by Crippen LogP contribution is -2.24. The third kappa shape index (κ3) is 3.65. The molecule has 0 saturated carbocycles. The fourth-order valence-electron chi connectivity index (χ4n) is 3.76. The molecule has 31 heavy (non-hydrogen) atoms. The Morgan fingerprint density at radius 3 is 2.74 bits per heavy atom. The molecule has 2 aromatic heterocycles. The number of anilines is 2. The Balaban J connectivity index is 1.55. The molecule has 0 saturated heterocycles. The van der Waals surface area contributed by atoms with Gasteiger partial charge in [0.25, 0.3) is 5.56 Å². The van der Waals surface area contributed by atoms with Crippen LogP contribution in [-0.4, -0.2) is 26.3 Å². The summed E-state index contributed by atoms with van der Waals surface area (Å²) < 4.78 is 1.20. The van der Waals surface area contributed by atoms with Crippen molar-refractivity contribution in [2.75, 3.05) is 11.9 Å². The lowest BCUT2D eigenvalue weighted by molar-refractivity contribution is 0.644. The van der Waals surface area contributed by atoms with E-state index < -0.39 is 0 Å². The summed E-state index contributed by atoms with van der Waals surface area (Å²) in [6.07, 6.45) is 2.53. The van der Waals surface area contributed by atoms with Gasteiger partial charge in [0.1, 0.15) is 11.2 Å².